The van der Waals surface area contributed by atoms with Crippen LogP contribution in [0.4, 0.5) is 10.1 Å². The first-order valence-corrected chi connectivity index (χ1v) is 7.94. The van der Waals surface area contributed by atoms with Crippen LogP contribution in [-0.2, 0) is 10.0 Å². The number of benzene rings is 1. The lowest BCUT2D eigenvalue weighted by molar-refractivity contribution is 0.305. The van der Waals surface area contributed by atoms with E-state index in [-0.39, 0.29) is 30.3 Å². The van der Waals surface area contributed by atoms with Gasteiger partial charge in [0.2, 0.25) is 10.0 Å². The Hall–Kier alpha value is -1.58. The van der Waals surface area contributed by atoms with Crippen molar-refractivity contribution in [3.8, 4) is 11.8 Å². The molecule has 0 saturated carbocycles. The van der Waals surface area contributed by atoms with E-state index in [0.29, 0.717) is 12.2 Å². The van der Waals surface area contributed by atoms with E-state index in [9.17, 15) is 12.8 Å². The smallest absolute Gasteiger partial charge is 0.235 e. The molecule has 1 saturated heterocycles. The molecule has 2 rings (SSSR count). The van der Waals surface area contributed by atoms with Crippen molar-refractivity contribution in [3.05, 3.63) is 29.6 Å². The Morgan fingerprint density at radius 1 is 1.50 bits per heavy atom. The zero-order valence-electron chi connectivity index (χ0n) is 11.1. The second kappa shape index (κ2) is 5.81. The van der Waals surface area contributed by atoms with Gasteiger partial charge in [0.15, 0.2) is 0 Å². The Bertz CT molecular complexity index is 661. The molecular formula is C14H16FNO3S. The quantitative estimate of drug-likeness (QED) is 0.838. The van der Waals surface area contributed by atoms with Gasteiger partial charge in [-0.25, -0.2) is 12.8 Å². The van der Waals surface area contributed by atoms with Gasteiger partial charge in [-0.2, -0.15) is 0 Å². The number of anilines is 1. The van der Waals surface area contributed by atoms with Crippen LogP contribution in [0.25, 0.3) is 0 Å². The van der Waals surface area contributed by atoms with Crippen molar-refractivity contribution in [2.75, 3.05) is 23.2 Å². The lowest BCUT2D eigenvalue weighted by Gasteiger charge is -2.17. The van der Waals surface area contributed by atoms with Gasteiger partial charge in [-0.1, -0.05) is 18.8 Å². The van der Waals surface area contributed by atoms with Gasteiger partial charge in [0.1, 0.15) is 5.82 Å². The van der Waals surface area contributed by atoms with Gasteiger partial charge in [-0.15, -0.1) is 0 Å². The maximum Gasteiger partial charge on any atom is 0.235 e. The average Bonchev–Trinajstić information content (AvgIpc) is 2.65. The minimum absolute atomic E-state index is 0.0500. The van der Waals surface area contributed by atoms with Gasteiger partial charge in [0.05, 0.1) is 23.6 Å². The summed E-state index contributed by atoms with van der Waals surface area (Å²) in [5.41, 5.74) is 0.578. The fourth-order valence-electron chi connectivity index (χ4n) is 2.14. The van der Waals surface area contributed by atoms with E-state index >= 15 is 0 Å². The third-order valence-electron chi connectivity index (χ3n) is 3.01. The zero-order valence-corrected chi connectivity index (χ0v) is 12.0. The van der Waals surface area contributed by atoms with E-state index in [1.807, 2.05) is 6.92 Å². The highest BCUT2D eigenvalue weighted by molar-refractivity contribution is 7.93. The van der Waals surface area contributed by atoms with Crippen molar-refractivity contribution in [1.29, 1.82) is 0 Å². The highest BCUT2D eigenvalue weighted by atomic mass is 32.2. The summed E-state index contributed by atoms with van der Waals surface area (Å²) < 4.78 is 38.9. The molecule has 1 atom stereocenters. The van der Waals surface area contributed by atoms with E-state index < -0.39 is 15.8 Å². The van der Waals surface area contributed by atoms with Crippen LogP contribution in [-0.4, -0.2) is 32.4 Å². The van der Waals surface area contributed by atoms with E-state index in [0.717, 1.165) is 0 Å². The van der Waals surface area contributed by atoms with E-state index in [1.54, 1.807) is 0 Å². The van der Waals surface area contributed by atoms with Gasteiger partial charge in [-0.3, -0.25) is 4.31 Å². The first-order chi connectivity index (χ1) is 9.44. The fraction of sp³-hybridized carbons (Fsp3) is 0.429. The molecule has 1 fully saturated rings. The van der Waals surface area contributed by atoms with Crippen molar-refractivity contribution in [2.24, 2.45) is 5.92 Å². The van der Waals surface area contributed by atoms with Crippen molar-refractivity contribution in [1.82, 2.24) is 0 Å². The third-order valence-corrected chi connectivity index (χ3v) is 5.03. The summed E-state index contributed by atoms with van der Waals surface area (Å²) in [6.07, 6.45) is 0.253. The second-order valence-corrected chi connectivity index (χ2v) is 6.79. The zero-order chi connectivity index (χ0) is 14.8. The molecule has 108 valence electrons. The van der Waals surface area contributed by atoms with E-state index in [4.69, 9.17) is 5.11 Å². The first kappa shape index (κ1) is 14.8. The number of aliphatic hydroxyl groups is 1. The number of aliphatic hydroxyl groups excluding tert-OH is 1. The van der Waals surface area contributed by atoms with E-state index in [1.165, 1.54) is 22.5 Å². The van der Waals surface area contributed by atoms with Crippen LogP contribution in [0, 0.1) is 23.6 Å². The van der Waals surface area contributed by atoms with Crippen molar-refractivity contribution in [2.45, 2.75) is 13.3 Å². The molecule has 1 N–H and O–H groups in total. The molecule has 1 heterocycles. The molecule has 1 aliphatic rings. The standard InChI is InChI=1S/C14H16FNO3S/c1-11-9-16(20(18,19)10-11)13-5-6-14(15)12(8-13)4-2-3-7-17/h5-6,8,11,17H,3,7,9-10H2,1H3. The molecule has 0 aliphatic carbocycles. The highest BCUT2D eigenvalue weighted by Crippen LogP contribution is 2.28. The summed E-state index contributed by atoms with van der Waals surface area (Å²) in [6, 6.07) is 4.11. The summed E-state index contributed by atoms with van der Waals surface area (Å²) in [5.74, 6) is 4.90. The fourth-order valence-corrected chi connectivity index (χ4v) is 4.06. The van der Waals surface area contributed by atoms with Gasteiger partial charge >= 0.3 is 0 Å². The van der Waals surface area contributed by atoms with Gasteiger partial charge in [0, 0.05) is 13.0 Å². The Kier molecular flexibility index (Phi) is 4.31. The van der Waals surface area contributed by atoms with Crippen LogP contribution in [0.2, 0.25) is 0 Å². The molecule has 1 aromatic carbocycles. The Morgan fingerprint density at radius 3 is 2.85 bits per heavy atom. The number of nitrogens with zero attached hydrogens (tertiary/aromatic N) is 1. The number of halogens is 1. The summed E-state index contributed by atoms with van der Waals surface area (Å²) in [7, 11) is -3.32. The van der Waals surface area contributed by atoms with Crippen LogP contribution >= 0.6 is 0 Å². The normalized spacial score (nSPS) is 20.6. The van der Waals surface area contributed by atoms with Gasteiger partial charge in [0.25, 0.3) is 0 Å². The Balaban J connectivity index is 2.35. The predicted molar refractivity (Wildman–Crippen MR) is 75.3 cm³/mol. The predicted octanol–water partition coefficient (Wildman–Crippen LogP) is 1.35. The lowest BCUT2D eigenvalue weighted by Crippen LogP contribution is -2.25. The topological polar surface area (TPSA) is 57.6 Å². The molecule has 6 heteroatoms. The van der Waals surface area contributed by atoms with Crippen LogP contribution in [0.5, 0.6) is 0 Å². The molecule has 1 aromatic rings. The van der Waals surface area contributed by atoms with Crippen molar-refractivity contribution in [3.63, 3.8) is 0 Å². The summed E-state index contributed by atoms with van der Waals surface area (Å²) in [4.78, 5) is 0. The molecule has 1 unspecified atom stereocenters. The maximum absolute atomic E-state index is 13.6. The molecule has 0 bridgehead atoms. The summed E-state index contributed by atoms with van der Waals surface area (Å²) in [6.45, 7) is 2.17. The average molecular weight is 297 g/mol. The van der Waals surface area contributed by atoms with E-state index in [2.05, 4.69) is 11.8 Å². The Morgan fingerprint density at radius 2 is 2.25 bits per heavy atom. The molecule has 20 heavy (non-hydrogen) atoms. The summed E-state index contributed by atoms with van der Waals surface area (Å²) >= 11 is 0. The van der Waals surface area contributed by atoms with Crippen LogP contribution in [0.3, 0.4) is 0 Å². The summed E-state index contributed by atoms with van der Waals surface area (Å²) in [5, 5.41) is 8.65. The van der Waals surface area contributed by atoms with Crippen LogP contribution < -0.4 is 4.31 Å². The van der Waals surface area contributed by atoms with Crippen molar-refractivity contribution >= 4 is 15.7 Å². The monoisotopic (exact) mass is 297 g/mol. The Labute approximate surface area is 118 Å². The number of rotatable bonds is 2. The minimum Gasteiger partial charge on any atom is -0.395 e. The molecule has 0 radical (unpaired) electrons. The maximum atomic E-state index is 13.6. The lowest BCUT2D eigenvalue weighted by atomic mass is 10.1. The number of hydrogen-bond acceptors (Lipinski definition) is 3. The SMILES string of the molecule is CC1CN(c2ccc(F)c(C#CCCO)c2)S(=O)(=O)C1. The number of hydrogen-bond donors (Lipinski definition) is 1. The van der Waals surface area contributed by atoms with Gasteiger partial charge in [-0.05, 0) is 24.1 Å². The molecule has 1 aliphatic heterocycles. The van der Waals surface area contributed by atoms with Gasteiger partial charge < -0.3 is 5.11 Å². The van der Waals surface area contributed by atoms with Crippen LogP contribution in [0.15, 0.2) is 18.2 Å². The van der Waals surface area contributed by atoms with Crippen molar-refractivity contribution < 1.29 is 17.9 Å². The molecule has 0 spiro atoms. The van der Waals surface area contributed by atoms with Crippen LogP contribution in [0.1, 0.15) is 18.9 Å². The largest absolute Gasteiger partial charge is 0.395 e. The third kappa shape index (κ3) is 3.11. The molecule has 4 nitrogen and oxygen atoms in total. The minimum atomic E-state index is -3.32. The molecular weight excluding hydrogens is 281 g/mol. The molecule has 0 amide bonds. The first-order valence-electron chi connectivity index (χ1n) is 6.34. The molecule has 0 aromatic heterocycles. The second-order valence-electron chi connectivity index (χ2n) is 4.85. The highest BCUT2D eigenvalue weighted by Gasteiger charge is 2.33. The number of sulfonamides is 1.